The van der Waals surface area contributed by atoms with Crippen LogP contribution in [-0.4, -0.2) is 45.9 Å². The highest BCUT2D eigenvalue weighted by molar-refractivity contribution is 5.86. The highest BCUT2D eigenvalue weighted by atomic mass is 19.1. The lowest BCUT2D eigenvalue weighted by molar-refractivity contribution is 0.144. The lowest BCUT2D eigenvalue weighted by atomic mass is 10.1. The lowest BCUT2D eigenvalue weighted by Gasteiger charge is -2.36. The fourth-order valence-corrected chi connectivity index (χ4v) is 5.63. The van der Waals surface area contributed by atoms with Gasteiger partial charge in [0.05, 0.1) is 28.5 Å². The van der Waals surface area contributed by atoms with Crippen LogP contribution in [0.2, 0.25) is 0 Å². The van der Waals surface area contributed by atoms with Crippen LogP contribution in [0, 0.1) is 17.5 Å². The van der Waals surface area contributed by atoms with Gasteiger partial charge in [0.15, 0.2) is 5.75 Å². The number of ether oxygens (including phenoxy) is 1. The molecule has 2 aliphatic rings. The minimum atomic E-state index is -1.75. The van der Waals surface area contributed by atoms with Crippen LogP contribution in [0.25, 0.3) is 16.6 Å². The summed E-state index contributed by atoms with van der Waals surface area (Å²) in [6.07, 6.45) is 0.127. The molecule has 194 valence electrons. The Morgan fingerprint density at radius 2 is 1.71 bits per heavy atom. The Balaban J connectivity index is 1.41. The molecular formula is C28H22F3N3O4. The van der Waals surface area contributed by atoms with Crippen LogP contribution >= 0.6 is 0 Å². The molecule has 0 spiro atoms. The molecule has 2 unspecified atom stereocenters. The summed E-state index contributed by atoms with van der Waals surface area (Å²) in [7, 11) is 0. The van der Waals surface area contributed by atoms with Crippen LogP contribution in [0.3, 0.4) is 0 Å². The predicted octanol–water partition coefficient (Wildman–Crippen LogP) is 4.93. The molecular weight excluding hydrogens is 499 g/mol. The number of aromatic nitrogens is 1. The summed E-state index contributed by atoms with van der Waals surface area (Å²) >= 11 is 0. The molecule has 7 nitrogen and oxygen atoms in total. The number of hydrogen-bond donors (Lipinski definition) is 1. The third-order valence-electron chi connectivity index (χ3n) is 7.30. The van der Waals surface area contributed by atoms with Crippen LogP contribution in [0.1, 0.15) is 12.0 Å². The molecule has 4 aromatic rings. The van der Waals surface area contributed by atoms with E-state index in [1.807, 2.05) is 23.1 Å². The van der Waals surface area contributed by atoms with Crippen molar-refractivity contribution in [3.8, 4) is 11.4 Å². The van der Waals surface area contributed by atoms with Gasteiger partial charge in [-0.25, -0.2) is 18.0 Å². The molecule has 2 bridgehead atoms. The maximum Gasteiger partial charge on any atom is 0.511 e. The largest absolute Gasteiger partial charge is 0.511 e. The number of piperazine rings is 1. The number of halogens is 3. The van der Waals surface area contributed by atoms with Gasteiger partial charge in [-0.05, 0) is 36.2 Å². The topological polar surface area (TPSA) is 75.0 Å². The van der Waals surface area contributed by atoms with Crippen LogP contribution in [0.4, 0.5) is 23.7 Å². The molecule has 0 radical (unpaired) electrons. The van der Waals surface area contributed by atoms with Crippen molar-refractivity contribution in [2.75, 3.05) is 18.0 Å². The van der Waals surface area contributed by atoms with Crippen LogP contribution < -0.4 is 15.1 Å². The van der Waals surface area contributed by atoms with Gasteiger partial charge < -0.3 is 19.3 Å². The molecule has 3 aromatic carbocycles. The monoisotopic (exact) mass is 521 g/mol. The van der Waals surface area contributed by atoms with Crippen molar-refractivity contribution < 1.29 is 27.8 Å². The van der Waals surface area contributed by atoms with E-state index < -0.39 is 34.8 Å². The SMILES string of the molecule is O=C(O)Oc1cn(-c2ccc(F)cc2F)c2cc(N3CC4CC3CN4Cc3ccccc3)c(F)cc2c1=O. The molecule has 1 aromatic heterocycles. The smallest absolute Gasteiger partial charge is 0.449 e. The van der Waals surface area contributed by atoms with Gasteiger partial charge in [-0.1, -0.05) is 30.3 Å². The number of carboxylic acid groups (broad SMARTS) is 1. The number of pyridine rings is 1. The van der Waals surface area contributed by atoms with Gasteiger partial charge in [-0.2, -0.15) is 0 Å². The van der Waals surface area contributed by atoms with Gasteiger partial charge >= 0.3 is 6.16 Å². The quantitative estimate of drug-likeness (QED) is 0.376. The molecule has 2 saturated heterocycles. The summed E-state index contributed by atoms with van der Waals surface area (Å²) in [6.45, 7) is 2.11. The molecule has 2 fully saturated rings. The average Bonchev–Trinajstić information content (AvgIpc) is 3.47. The normalized spacial score (nSPS) is 18.9. The van der Waals surface area contributed by atoms with Crippen LogP contribution in [0.5, 0.6) is 5.75 Å². The Bertz CT molecular complexity index is 1630. The Hall–Kier alpha value is -4.31. The van der Waals surface area contributed by atoms with E-state index in [0.717, 1.165) is 43.9 Å². The van der Waals surface area contributed by atoms with Crippen molar-refractivity contribution in [1.82, 2.24) is 9.47 Å². The van der Waals surface area contributed by atoms with Gasteiger partial charge in [-0.3, -0.25) is 9.69 Å². The van der Waals surface area contributed by atoms with Gasteiger partial charge in [0, 0.05) is 37.8 Å². The van der Waals surface area contributed by atoms with Gasteiger partial charge in [0.25, 0.3) is 0 Å². The molecule has 1 N–H and O–H groups in total. The van der Waals surface area contributed by atoms with Crippen molar-refractivity contribution in [3.63, 3.8) is 0 Å². The Morgan fingerprint density at radius 1 is 0.947 bits per heavy atom. The number of benzene rings is 3. The molecule has 0 aliphatic carbocycles. The van der Waals surface area contributed by atoms with E-state index in [-0.39, 0.29) is 34.4 Å². The second kappa shape index (κ2) is 9.21. The number of likely N-dealkylation sites (tertiary alicyclic amines) is 1. The van der Waals surface area contributed by atoms with Crippen molar-refractivity contribution in [1.29, 1.82) is 0 Å². The van der Waals surface area contributed by atoms with E-state index in [2.05, 4.69) is 21.8 Å². The summed E-state index contributed by atoms with van der Waals surface area (Å²) in [5.74, 6) is -3.04. The first-order chi connectivity index (χ1) is 18.3. The summed E-state index contributed by atoms with van der Waals surface area (Å²) in [5.41, 5.74) is 0.587. The second-order valence-corrected chi connectivity index (χ2v) is 9.59. The highest BCUT2D eigenvalue weighted by Gasteiger charge is 2.44. The molecule has 0 saturated carbocycles. The molecule has 2 atom stereocenters. The van der Waals surface area contributed by atoms with Gasteiger partial charge in [0.1, 0.15) is 17.5 Å². The minimum absolute atomic E-state index is 0.0491. The maximum absolute atomic E-state index is 15.5. The zero-order valence-electron chi connectivity index (χ0n) is 20.0. The van der Waals surface area contributed by atoms with E-state index >= 15 is 4.39 Å². The third-order valence-corrected chi connectivity index (χ3v) is 7.30. The first-order valence-electron chi connectivity index (χ1n) is 12.1. The van der Waals surface area contributed by atoms with Crippen molar-refractivity contribution in [2.45, 2.75) is 25.0 Å². The first kappa shape index (κ1) is 24.1. The fourth-order valence-electron chi connectivity index (χ4n) is 5.63. The number of hydrogen-bond acceptors (Lipinski definition) is 5. The number of carbonyl (C=O) groups is 1. The van der Waals surface area contributed by atoms with Crippen molar-refractivity contribution in [3.05, 3.63) is 100 Å². The van der Waals surface area contributed by atoms with Gasteiger partial charge in [-0.15, -0.1) is 0 Å². The average molecular weight is 521 g/mol. The zero-order chi connectivity index (χ0) is 26.6. The highest BCUT2D eigenvalue weighted by Crippen LogP contribution is 2.38. The molecule has 2 aliphatic heterocycles. The van der Waals surface area contributed by atoms with Crippen LogP contribution in [-0.2, 0) is 6.54 Å². The second-order valence-electron chi connectivity index (χ2n) is 9.59. The van der Waals surface area contributed by atoms with Crippen LogP contribution in [0.15, 0.2) is 71.7 Å². The van der Waals surface area contributed by atoms with E-state index in [4.69, 9.17) is 5.11 Å². The molecule has 0 amide bonds. The number of fused-ring (bicyclic) bond motifs is 3. The summed E-state index contributed by atoms with van der Waals surface area (Å²) in [6, 6.07) is 15.7. The van der Waals surface area contributed by atoms with E-state index in [1.165, 1.54) is 16.2 Å². The van der Waals surface area contributed by atoms with Crippen molar-refractivity contribution >= 4 is 22.7 Å². The fraction of sp³-hybridized carbons (Fsp3) is 0.214. The van der Waals surface area contributed by atoms with Crippen molar-refractivity contribution in [2.24, 2.45) is 0 Å². The predicted molar refractivity (Wildman–Crippen MR) is 134 cm³/mol. The molecule has 6 rings (SSSR count). The lowest BCUT2D eigenvalue weighted by Crippen LogP contribution is -2.46. The van der Waals surface area contributed by atoms with Gasteiger partial charge in [0.2, 0.25) is 5.43 Å². The minimum Gasteiger partial charge on any atom is -0.449 e. The first-order valence-corrected chi connectivity index (χ1v) is 12.1. The molecule has 3 heterocycles. The molecule has 38 heavy (non-hydrogen) atoms. The Morgan fingerprint density at radius 3 is 2.39 bits per heavy atom. The number of nitrogens with zero attached hydrogens (tertiary/aromatic N) is 3. The summed E-state index contributed by atoms with van der Waals surface area (Å²) in [5, 5.41) is 8.86. The summed E-state index contributed by atoms with van der Waals surface area (Å²) < 4.78 is 49.7. The standard InChI is InChI=1S/C28H22F3N3O4/c29-17-6-7-23(21(30)8-17)34-15-26(38-28(36)37)27(35)20-10-22(31)25(11-24(20)34)33-14-18-9-19(33)13-32(18)12-16-4-2-1-3-5-16/h1-8,10-11,15,18-19H,9,12-14H2,(H,36,37). The third kappa shape index (κ3) is 4.16. The van der Waals surface area contributed by atoms with E-state index in [0.29, 0.717) is 12.6 Å². The zero-order valence-corrected chi connectivity index (χ0v) is 20.0. The Kier molecular flexibility index (Phi) is 5.83. The molecule has 10 heteroatoms. The summed E-state index contributed by atoms with van der Waals surface area (Å²) in [4.78, 5) is 28.4. The maximum atomic E-state index is 15.5. The van der Waals surface area contributed by atoms with E-state index in [9.17, 15) is 18.4 Å². The number of anilines is 1. The number of rotatable bonds is 5. The Labute approximate surface area is 214 Å². The van der Waals surface area contributed by atoms with E-state index in [1.54, 1.807) is 0 Å².